The van der Waals surface area contributed by atoms with Crippen molar-refractivity contribution in [2.75, 3.05) is 6.61 Å². The molecular formula is C15H19NO2. The number of rotatable bonds is 2. The highest BCUT2D eigenvalue weighted by Gasteiger charge is 2.52. The van der Waals surface area contributed by atoms with Crippen LogP contribution in [0.5, 0.6) is 0 Å². The molecule has 0 aromatic carbocycles. The van der Waals surface area contributed by atoms with Gasteiger partial charge < -0.3 is 4.74 Å². The minimum atomic E-state index is -0.307. The zero-order valence-electron chi connectivity index (χ0n) is 11.2. The second-order valence-corrected chi connectivity index (χ2v) is 6.00. The Bertz CT molecular complexity index is 507. The molecule has 0 radical (unpaired) electrons. The molecule has 0 spiro atoms. The SMILES string of the molecule is CCOC(=O)c1cc2c(cn1)[C@H]1C[C@@H](C2)C1(C)C. The first-order valence-electron chi connectivity index (χ1n) is 6.70. The number of pyridine rings is 1. The number of hydrogen-bond donors (Lipinski definition) is 0. The third-order valence-corrected chi connectivity index (χ3v) is 4.82. The average Bonchev–Trinajstić information content (AvgIpc) is 2.37. The maximum absolute atomic E-state index is 11.7. The quantitative estimate of drug-likeness (QED) is 0.752. The lowest BCUT2D eigenvalue weighted by Crippen LogP contribution is -2.48. The molecule has 0 aliphatic heterocycles. The summed E-state index contributed by atoms with van der Waals surface area (Å²) in [7, 11) is 0. The zero-order valence-corrected chi connectivity index (χ0v) is 11.2. The summed E-state index contributed by atoms with van der Waals surface area (Å²) in [6.45, 7) is 6.89. The van der Waals surface area contributed by atoms with Gasteiger partial charge in [-0.3, -0.25) is 0 Å². The number of hydrogen-bond acceptors (Lipinski definition) is 3. The van der Waals surface area contributed by atoms with Crippen LogP contribution in [0, 0.1) is 11.3 Å². The summed E-state index contributed by atoms with van der Waals surface area (Å²) in [5.41, 5.74) is 3.50. The molecule has 0 amide bonds. The van der Waals surface area contributed by atoms with Crippen molar-refractivity contribution in [3.05, 3.63) is 29.1 Å². The van der Waals surface area contributed by atoms with E-state index in [1.807, 2.05) is 19.2 Å². The van der Waals surface area contributed by atoms with Crippen LogP contribution < -0.4 is 0 Å². The monoisotopic (exact) mass is 245 g/mol. The van der Waals surface area contributed by atoms with Gasteiger partial charge >= 0.3 is 5.97 Å². The highest BCUT2D eigenvalue weighted by Crippen LogP contribution is 2.61. The van der Waals surface area contributed by atoms with Crippen LogP contribution in [-0.4, -0.2) is 17.6 Å². The van der Waals surface area contributed by atoms with Crippen LogP contribution in [0.2, 0.25) is 0 Å². The molecule has 0 unspecified atom stereocenters. The van der Waals surface area contributed by atoms with Gasteiger partial charge in [0.25, 0.3) is 0 Å². The van der Waals surface area contributed by atoms with Crippen LogP contribution in [0.4, 0.5) is 0 Å². The van der Waals surface area contributed by atoms with E-state index in [2.05, 4.69) is 18.8 Å². The Morgan fingerprint density at radius 1 is 1.56 bits per heavy atom. The molecule has 0 saturated heterocycles. The summed E-state index contributed by atoms with van der Waals surface area (Å²) in [5.74, 6) is 1.07. The zero-order chi connectivity index (χ0) is 12.9. The van der Waals surface area contributed by atoms with Crippen molar-refractivity contribution in [1.29, 1.82) is 0 Å². The number of nitrogens with zero attached hydrogens (tertiary/aromatic N) is 1. The molecule has 1 heterocycles. The Labute approximate surface area is 108 Å². The van der Waals surface area contributed by atoms with Crippen molar-refractivity contribution in [3.8, 4) is 0 Å². The van der Waals surface area contributed by atoms with Crippen molar-refractivity contribution in [1.82, 2.24) is 4.98 Å². The lowest BCUT2D eigenvalue weighted by Gasteiger charge is -2.57. The lowest BCUT2D eigenvalue weighted by atomic mass is 9.48. The number of carbonyl (C=O) groups is 1. The predicted molar refractivity (Wildman–Crippen MR) is 68.5 cm³/mol. The van der Waals surface area contributed by atoms with Gasteiger partial charge in [0.1, 0.15) is 5.69 Å². The van der Waals surface area contributed by atoms with Gasteiger partial charge in [-0.25, -0.2) is 9.78 Å². The normalized spacial score (nSPS) is 27.1. The Morgan fingerprint density at radius 3 is 3.00 bits per heavy atom. The van der Waals surface area contributed by atoms with E-state index in [1.54, 1.807) is 0 Å². The minimum absolute atomic E-state index is 0.307. The van der Waals surface area contributed by atoms with Crippen molar-refractivity contribution < 1.29 is 9.53 Å². The molecule has 3 aliphatic carbocycles. The van der Waals surface area contributed by atoms with Crippen molar-refractivity contribution >= 4 is 5.97 Å². The van der Waals surface area contributed by atoms with Crippen molar-refractivity contribution in [2.45, 2.75) is 39.5 Å². The average molecular weight is 245 g/mol. The summed E-state index contributed by atoms with van der Waals surface area (Å²) in [5, 5.41) is 0. The lowest BCUT2D eigenvalue weighted by molar-refractivity contribution is 0.0181. The molecule has 3 aliphatic rings. The van der Waals surface area contributed by atoms with Crippen LogP contribution in [0.15, 0.2) is 12.3 Å². The van der Waals surface area contributed by atoms with Gasteiger partial charge in [0.05, 0.1) is 6.61 Å². The van der Waals surface area contributed by atoms with E-state index in [9.17, 15) is 4.79 Å². The first-order valence-corrected chi connectivity index (χ1v) is 6.70. The molecule has 18 heavy (non-hydrogen) atoms. The molecule has 2 bridgehead atoms. The Kier molecular flexibility index (Phi) is 2.47. The van der Waals surface area contributed by atoms with Crippen LogP contribution in [-0.2, 0) is 11.2 Å². The molecular weight excluding hydrogens is 226 g/mol. The van der Waals surface area contributed by atoms with Crippen LogP contribution in [0.3, 0.4) is 0 Å². The second-order valence-electron chi connectivity index (χ2n) is 6.00. The molecule has 4 rings (SSSR count). The second kappa shape index (κ2) is 3.81. The molecule has 0 N–H and O–H groups in total. The Balaban J connectivity index is 1.93. The van der Waals surface area contributed by atoms with E-state index < -0.39 is 0 Å². The van der Waals surface area contributed by atoms with Gasteiger partial charge in [-0.2, -0.15) is 0 Å². The van der Waals surface area contributed by atoms with Crippen LogP contribution in [0.25, 0.3) is 0 Å². The molecule has 1 saturated carbocycles. The number of carbonyl (C=O) groups excluding carboxylic acids is 1. The van der Waals surface area contributed by atoms with Crippen LogP contribution >= 0.6 is 0 Å². The van der Waals surface area contributed by atoms with E-state index in [0.29, 0.717) is 23.6 Å². The maximum Gasteiger partial charge on any atom is 0.356 e. The number of aromatic nitrogens is 1. The fourth-order valence-electron chi connectivity index (χ4n) is 3.47. The fraction of sp³-hybridized carbons (Fsp3) is 0.600. The summed E-state index contributed by atoms with van der Waals surface area (Å²) in [6.07, 6.45) is 4.25. The molecule has 1 aromatic heterocycles. The first-order chi connectivity index (χ1) is 8.54. The first kappa shape index (κ1) is 11.7. The smallest absolute Gasteiger partial charge is 0.356 e. The molecule has 1 aromatic rings. The van der Waals surface area contributed by atoms with Gasteiger partial charge in [-0.05, 0) is 54.2 Å². The standard InChI is InChI=1S/C15H19NO2/c1-4-18-14(17)13-6-9-5-10-7-12(15(10,2)3)11(9)8-16-13/h6,8,10,12H,4-5,7H2,1-3H3/t10-,12-/m1/s1. The van der Waals surface area contributed by atoms with Gasteiger partial charge in [-0.1, -0.05) is 13.8 Å². The molecule has 96 valence electrons. The highest BCUT2D eigenvalue weighted by molar-refractivity contribution is 5.87. The highest BCUT2D eigenvalue weighted by atomic mass is 16.5. The van der Waals surface area contributed by atoms with Gasteiger partial charge in [0, 0.05) is 6.20 Å². The van der Waals surface area contributed by atoms with Gasteiger partial charge in [0.15, 0.2) is 0 Å². The molecule has 3 heteroatoms. The molecule has 2 atom stereocenters. The maximum atomic E-state index is 11.7. The van der Waals surface area contributed by atoms with E-state index in [0.717, 1.165) is 12.3 Å². The van der Waals surface area contributed by atoms with E-state index in [1.165, 1.54) is 17.5 Å². The van der Waals surface area contributed by atoms with Gasteiger partial charge in [0.2, 0.25) is 0 Å². The summed E-state index contributed by atoms with van der Waals surface area (Å²) in [4.78, 5) is 15.9. The van der Waals surface area contributed by atoms with E-state index >= 15 is 0 Å². The van der Waals surface area contributed by atoms with E-state index in [-0.39, 0.29) is 5.97 Å². The van der Waals surface area contributed by atoms with Crippen LogP contribution in [0.1, 0.15) is 54.7 Å². The van der Waals surface area contributed by atoms with Crippen molar-refractivity contribution in [3.63, 3.8) is 0 Å². The van der Waals surface area contributed by atoms with E-state index in [4.69, 9.17) is 4.74 Å². The topological polar surface area (TPSA) is 39.2 Å². The Morgan fingerprint density at radius 2 is 2.33 bits per heavy atom. The number of esters is 1. The largest absolute Gasteiger partial charge is 0.461 e. The molecule has 3 nitrogen and oxygen atoms in total. The fourth-order valence-corrected chi connectivity index (χ4v) is 3.47. The third-order valence-electron chi connectivity index (χ3n) is 4.82. The Hall–Kier alpha value is -1.38. The molecule has 1 fully saturated rings. The number of ether oxygens (including phenoxy) is 1. The predicted octanol–water partition coefficient (Wildman–Crippen LogP) is 2.94. The third kappa shape index (κ3) is 1.49. The minimum Gasteiger partial charge on any atom is -0.461 e. The van der Waals surface area contributed by atoms with Crippen molar-refractivity contribution in [2.24, 2.45) is 11.3 Å². The summed E-state index contributed by atoms with van der Waals surface area (Å²) >= 11 is 0. The summed E-state index contributed by atoms with van der Waals surface area (Å²) in [6, 6.07) is 1.93. The summed E-state index contributed by atoms with van der Waals surface area (Å²) < 4.78 is 5.00. The van der Waals surface area contributed by atoms with Gasteiger partial charge in [-0.15, -0.1) is 0 Å².